The number of halogens is 1. The molecule has 1 heterocycles. The van der Waals surface area contributed by atoms with E-state index in [4.69, 9.17) is 40.0 Å². The van der Waals surface area contributed by atoms with E-state index < -0.39 is 64.4 Å². The van der Waals surface area contributed by atoms with Crippen molar-refractivity contribution >= 4 is 45.5 Å². The molecule has 0 radical (unpaired) electrons. The lowest BCUT2D eigenvalue weighted by Gasteiger charge is -2.44. The lowest BCUT2D eigenvalue weighted by Crippen LogP contribution is -2.59. The molecule has 1 fully saturated rings. The van der Waals surface area contributed by atoms with Gasteiger partial charge in [-0.25, -0.2) is 13.1 Å². The lowest BCUT2D eigenvalue weighted by atomic mass is 9.89. The third kappa shape index (κ3) is 11.3. The molecule has 13 nitrogen and oxygen atoms in total. The molecule has 0 aromatic heterocycles. The number of sulfonamides is 1. The molecule has 1 N–H and O–H groups in total. The average molecular weight is 670 g/mol. The third-order valence-electron chi connectivity index (χ3n) is 6.44. The van der Waals surface area contributed by atoms with E-state index in [9.17, 15) is 27.6 Å². The molecule has 0 bridgehead atoms. The molecule has 2 aromatic carbocycles. The van der Waals surface area contributed by atoms with Gasteiger partial charge < -0.3 is 28.4 Å². The number of benzene rings is 2. The zero-order valence-electron chi connectivity index (χ0n) is 25.4. The second kappa shape index (κ2) is 16.0. The van der Waals surface area contributed by atoms with Crippen LogP contribution in [-0.4, -0.2) is 82.7 Å². The van der Waals surface area contributed by atoms with Crippen LogP contribution in [0.25, 0.3) is 0 Å². The maximum Gasteiger partial charge on any atom is 0.303 e. The Labute approximate surface area is 266 Å². The van der Waals surface area contributed by atoms with Crippen LogP contribution in [0.5, 0.6) is 5.75 Å². The first kappa shape index (κ1) is 35.8. The SMILES string of the molecule is CC(=O)OC[C@H]1O[C@@H](c2ccc(Cl)c(Cc3ccc(OCCNS(C)(=O)=O)cc3)c2)[C@H](OC(C)=O)[C@@H](OC(C)=O)[C@@H]1OC(C)=O. The van der Waals surface area contributed by atoms with Crippen LogP contribution in [0.2, 0.25) is 5.02 Å². The van der Waals surface area contributed by atoms with Crippen LogP contribution in [0.3, 0.4) is 0 Å². The van der Waals surface area contributed by atoms with Crippen molar-refractivity contribution in [3.63, 3.8) is 0 Å². The highest BCUT2D eigenvalue weighted by Crippen LogP contribution is 2.39. The van der Waals surface area contributed by atoms with Crippen molar-refractivity contribution in [2.45, 2.75) is 64.6 Å². The Kier molecular flexibility index (Phi) is 12.7. The van der Waals surface area contributed by atoms with Crippen molar-refractivity contribution in [2.24, 2.45) is 0 Å². The molecule has 3 rings (SSSR count). The quantitative estimate of drug-likeness (QED) is 0.188. The summed E-state index contributed by atoms with van der Waals surface area (Å²) in [6.45, 7) is 4.63. The van der Waals surface area contributed by atoms with Gasteiger partial charge in [-0.15, -0.1) is 0 Å². The maximum absolute atomic E-state index is 12.2. The van der Waals surface area contributed by atoms with Gasteiger partial charge in [-0.1, -0.05) is 35.9 Å². The van der Waals surface area contributed by atoms with E-state index >= 15 is 0 Å². The number of hydrogen-bond donors (Lipinski definition) is 1. The molecular formula is C30H36ClNO12S. The molecule has 0 amide bonds. The Morgan fingerprint density at radius 1 is 0.844 bits per heavy atom. The van der Waals surface area contributed by atoms with Crippen molar-refractivity contribution in [3.8, 4) is 5.75 Å². The summed E-state index contributed by atoms with van der Waals surface area (Å²) < 4.78 is 58.3. The van der Waals surface area contributed by atoms with Crippen molar-refractivity contribution in [1.82, 2.24) is 4.72 Å². The van der Waals surface area contributed by atoms with Crippen LogP contribution in [0.15, 0.2) is 42.5 Å². The van der Waals surface area contributed by atoms with Crippen LogP contribution in [-0.2, 0) is 59.3 Å². The van der Waals surface area contributed by atoms with E-state index in [-0.39, 0.29) is 19.8 Å². The Morgan fingerprint density at radius 3 is 2.02 bits per heavy atom. The number of ether oxygens (including phenoxy) is 6. The Bertz CT molecular complexity index is 1480. The summed E-state index contributed by atoms with van der Waals surface area (Å²) in [7, 11) is -3.31. The van der Waals surface area contributed by atoms with Crippen molar-refractivity contribution in [1.29, 1.82) is 0 Å². The van der Waals surface area contributed by atoms with Crippen LogP contribution >= 0.6 is 11.6 Å². The van der Waals surface area contributed by atoms with Crippen LogP contribution < -0.4 is 9.46 Å². The van der Waals surface area contributed by atoms with Gasteiger partial charge >= 0.3 is 23.9 Å². The molecule has 45 heavy (non-hydrogen) atoms. The highest BCUT2D eigenvalue weighted by Gasteiger charge is 2.52. The molecule has 246 valence electrons. The molecule has 2 aromatic rings. The minimum absolute atomic E-state index is 0.127. The van der Waals surface area contributed by atoms with Gasteiger partial charge in [-0.05, 0) is 41.3 Å². The second-order valence-corrected chi connectivity index (χ2v) is 12.5. The fraction of sp³-hybridized carbons (Fsp3) is 0.467. The van der Waals surface area contributed by atoms with Gasteiger partial charge in [0.1, 0.15) is 31.2 Å². The van der Waals surface area contributed by atoms with Crippen LogP contribution in [0.1, 0.15) is 50.5 Å². The predicted molar refractivity (Wildman–Crippen MR) is 160 cm³/mol. The summed E-state index contributed by atoms with van der Waals surface area (Å²) in [5, 5.41) is 0.441. The van der Waals surface area contributed by atoms with Crippen molar-refractivity contribution < 1.29 is 56.0 Å². The highest BCUT2D eigenvalue weighted by molar-refractivity contribution is 7.88. The highest BCUT2D eigenvalue weighted by atomic mass is 35.5. The van der Waals surface area contributed by atoms with Gasteiger partial charge in [0.25, 0.3) is 0 Å². The predicted octanol–water partition coefficient (Wildman–Crippen LogP) is 2.66. The van der Waals surface area contributed by atoms with Crippen molar-refractivity contribution in [3.05, 3.63) is 64.2 Å². The maximum atomic E-state index is 12.2. The largest absolute Gasteiger partial charge is 0.492 e. The number of carbonyl (C=O) groups is 4. The summed E-state index contributed by atoms with van der Waals surface area (Å²) >= 11 is 6.56. The topological polar surface area (TPSA) is 170 Å². The third-order valence-corrected chi connectivity index (χ3v) is 7.54. The first-order valence-electron chi connectivity index (χ1n) is 13.9. The summed E-state index contributed by atoms with van der Waals surface area (Å²) in [4.78, 5) is 48.0. The number of nitrogens with one attached hydrogen (secondary N) is 1. The first-order valence-corrected chi connectivity index (χ1v) is 16.1. The molecule has 0 unspecified atom stereocenters. The van der Waals surface area contributed by atoms with Gasteiger partial charge in [-0.3, -0.25) is 19.2 Å². The number of carbonyl (C=O) groups excluding carboxylic acids is 4. The second-order valence-electron chi connectivity index (χ2n) is 10.3. The smallest absolute Gasteiger partial charge is 0.303 e. The summed E-state index contributed by atoms with van der Waals surface area (Å²) in [6.07, 6.45) is -4.48. The van der Waals surface area contributed by atoms with E-state index in [1.165, 1.54) is 13.8 Å². The molecule has 0 spiro atoms. The summed E-state index contributed by atoms with van der Waals surface area (Å²) in [6, 6.07) is 12.2. The van der Waals surface area contributed by atoms with E-state index in [2.05, 4.69) is 4.72 Å². The monoisotopic (exact) mass is 669 g/mol. The molecule has 0 saturated carbocycles. The fourth-order valence-corrected chi connectivity index (χ4v) is 5.36. The Balaban J connectivity index is 1.91. The summed E-state index contributed by atoms with van der Waals surface area (Å²) in [5.74, 6) is -2.21. The van der Waals surface area contributed by atoms with E-state index in [0.717, 1.165) is 25.7 Å². The molecule has 1 aliphatic heterocycles. The van der Waals surface area contributed by atoms with E-state index in [0.29, 0.717) is 28.3 Å². The number of hydrogen-bond acceptors (Lipinski definition) is 12. The zero-order chi connectivity index (χ0) is 33.3. The van der Waals surface area contributed by atoms with E-state index in [1.807, 2.05) is 12.1 Å². The van der Waals surface area contributed by atoms with Gasteiger partial charge in [0.05, 0.1) is 6.26 Å². The minimum atomic E-state index is -3.31. The minimum Gasteiger partial charge on any atom is -0.492 e. The lowest BCUT2D eigenvalue weighted by molar-refractivity contribution is -0.254. The molecule has 5 atom stereocenters. The van der Waals surface area contributed by atoms with Gasteiger partial charge in [0.2, 0.25) is 10.0 Å². The standard InChI is InChI=1S/C30H36ClNO12S/c1-17(33)40-16-26-28(41-18(2)34)30(43-20(4)36)29(42-19(3)35)27(44-26)22-8-11-25(31)23(15-22)14-21-6-9-24(10-7-21)39-13-12-32-45(5,37)38/h6-11,15,26-30,32H,12-14,16H2,1-5H3/t26-,27+,28-,29+,30+/m1/s1. The van der Waals surface area contributed by atoms with Gasteiger partial charge in [0.15, 0.2) is 18.3 Å². The molecule has 1 aliphatic rings. The summed E-state index contributed by atoms with van der Waals surface area (Å²) in [5.41, 5.74) is 2.07. The average Bonchev–Trinajstić information content (AvgIpc) is 2.93. The van der Waals surface area contributed by atoms with E-state index in [1.54, 1.807) is 30.3 Å². The van der Waals surface area contributed by atoms with Gasteiger partial charge in [0, 0.05) is 39.3 Å². The first-order chi connectivity index (χ1) is 21.1. The molecule has 0 aliphatic carbocycles. The Hall–Kier alpha value is -3.72. The van der Waals surface area contributed by atoms with Crippen LogP contribution in [0, 0.1) is 0 Å². The fourth-order valence-electron chi connectivity index (χ4n) is 4.72. The van der Waals surface area contributed by atoms with Crippen molar-refractivity contribution in [2.75, 3.05) is 26.0 Å². The number of esters is 4. The number of rotatable bonds is 13. The molecular weight excluding hydrogens is 634 g/mol. The Morgan fingerprint density at radius 2 is 1.44 bits per heavy atom. The molecule has 1 saturated heterocycles. The normalized spacial score (nSPS) is 21.3. The molecule has 15 heteroatoms. The van der Waals surface area contributed by atoms with Crippen LogP contribution in [0.4, 0.5) is 0 Å². The zero-order valence-corrected chi connectivity index (χ0v) is 27.0. The van der Waals surface area contributed by atoms with Gasteiger partial charge in [-0.2, -0.15) is 0 Å².